The van der Waals surface area contributed by atoms with Gasteiger partial charge in [0.15, 0.2) is 0 Å². The quantitative estimate of drug-likeness (QED) is 0.181. The second-order valence-electron chi connectivity index (χ2n) is 7.53. The highest BCUT2D eigenvalue weighted by atomic mass is 79.9. The first-order chi connectivity index (χ1) is 15.4. The molecule has 1 unspecified atom stereocenters. The maximum absolute atomic E-state index is 11.8. The number of phenols is 1. The molecule has 33 heavy (non-hydrogen) atoms. The Morgan fingerprint density at radius 1 is 1.18 bits per heavy atom. The molecule has 2 aliphatic heterocycles. The van der Waals surface area contributed by atoms with Crippen molar-refractivity contribution in [1.29, 1.82) is 0 Å². The van der Waals surface area contributed by atoms with Crippen LogP contribution in [0.2, 0.25) is 0 Å². The Balaban J connectivity index is 0.00000103. The summed E-state index contributed by atoms with van der Waals surface area (Å²) >= 11 is 7.25. The van der Waals surface area contributed by atoms with Gasteiger partial charge in [-0.1, -0.05) is 26.8 Å². The molecule has 0 radical (unpaired) electrons. The van der Waals surface area contributed by atoms with Crippen LogP contribution in [0, 0.1) is 0 Å². The van der Waals surface area contributed by atoms with Crippen LogP contribution < -0.4 is 11.1 Å². The SMILES string of the molecule is C.C=C.CC.CC(=O)N1CCC(=C2c3c(cc(O)c(N)c3Br)CCC3=CC(Br)=CNC32)CC1. The van der Waals surface area contributed by atoms with Gasteiger partial charge in [0.05, 0.1) is 16.2 Å². The Kier molecular flexibility index (Phi) is 11.5. The summed E-state index contributed by atoms with van der Waals surface area (Å²) < 4.78 is 1.79. The van der Waals surface area contributed by atoms with E-state index >= 15 is 0 Å². The topological polar surface area (TPSA) is 78.6 Å². The zero-order valence-electron chi connectivity index (χ0n) is 19.1. The van der Waals surface area contributed by atoms with Crippen LogP contribution in [0.5, 0.6) is 5.75 Å². The monoisotopic (exact) mass is 581 g/mol. The fourth-order valence-corrected chi connectivity index (χ4v) is 5.51. The number of carbonyl (C=O) groups excluding carboxylic acids is 1. The average Bonchev–Trinajstić information content (AvgIpc) is 2.97. The van der Waals surface area contributed by atoms with Gasteiger partial charge in [-0.25, -0.2) is 0 Å². The van der Waals surface area contributed by atoms with Gasteiger partial charge in [0.2, 0.25) is 5.91 Å². The van der Waals surface area contributed by atoms with E-state index in [0.717, 1.165) is 58.9 Å². The van der Waals surface area contributed by atoms with Gasteiger partial charge < -0.3 is 21.1 Å². The number of carbonyl (C=O) groups is 1. The molecule has 0 aromatic heterocycles. The summed E-state index contributed by atoms with van der Waals surface area (Å²) in [6, 6.07) is 1.88. The minimum atomic E-state index is 0. The molecule has 4 rings (SSSR count). The molecular weight excluding hydrogens is 546 g/mol. The van der Waals surface area contributed by atoms with E-state index in [9.17, 15) is 9.90 Å². The van der Waals surface area contributed by atoms with E-state index in [1.807, 2.05) is 24.9 Å². The minimum absolute atomic E-state index is 0. The Bertz CT molecular complexity index is 957. The molecule has 0 saturated carbocycles. The molecule has 1 aromatic rings. The number of nitrogen functional groups attached to an aromatic ring is 1. The van der Waals surface area contributed by atoms with Gasteiger partial charge in [0.1, 0.15) is 5.75 Å². The van der Waals surface area contributed by atoms with E-state index in [0.29, 0.717) is 5.69 Å². The maximum Gasteiger partial charge on any atom is 0.219 e. The van der Waals surface area contributed by atoms with Gasteiger partial charge in [0.25, 0.3) is 0 Å². The number of phenolic OH excluding ortho intramolecular Hbond substituents is 1. The van der Waals surface area contributed by atoms with E-state index < -0.39 is 0 Å². The maximum atomic E-state index is 11.8. The second kappa shape index (κ2) is 13.0. The summed E-state index contributed by atoms with van der Waals surface area (Å²) in [5.41, 5.74) is 12.6. The lowest BCUT2D eigenvalue weighted by molar-refractivity contribution is -0.129. The Morgan fingerprint density at radius 2 is 1.79 bits per heavy atom. The van der Waals surface area contributed by atoms with Gasteiger partial charge in [-0.2, -0.15) is 0 Å². The Hall–Kier alpha value is -1.99. The molecule has 0 bridgehead atoms. The third-order valence-electron chi connectivity index (χ3n) is 5.88. The number of benzene rings is 1. The summed E-state index contributed by atoms with van der Waals surface area (Å²) in [6.45, 7) is 13.1. The normalized spacial score (nSPS) is 18.8. The molecule has 4 N–H and O–H groups in total. The smallest absolute Gasteiger partial charge is 0.219 e. The predicted octanol–water partition coefficient (Wildman–Crippen LogP) is 6.68. The molecule has 7 heteroatoms. The van der Waals surface area contributed by atoms with Crippen LogP contribution in [0.3, 0.4) is 0 Å². The number of nitrogens with zero attached hydrogens (tertiary/aromatic N) is 1. The predicted molar refractivity (Wildman–Crippen MR) is 148 cm³/mol. The number of likely N-dealkylation sites (tertiary alicyclic amines) is 1. The van der Waals surface area contributed by atoms with Crippen molar-refractivity contribution in [3.05, 3.63) is 62.7 Å². The lowest BCUT2D eigenvalue weighted by atomic mass is 9.84. The van der Waals surface area contributed by atoms with Crippen molar-refractivity contribution < 1.29 is 9.90 Å². The number of hydrogen-bond donors (Lipinski definition) is 3. The molecule has 1 aliphatic carbocycles. The van der Waals surface area contributed by atoms with E-state index in [1.54, 1.807) is 13.0 Å². The fraction of sp³-hybridized carbons (Fsp3) is 0.423. The zero-order valence-corrected chi connectivity index (χ0v) is 22.3. The molecule has 3 aliphatic rings. The average molecular weight is 583 g/mol. The number of halogens is 2. The number of nitrogens with two attached hydrogens (primary N) is 1. The van der Waals surface area contributed by atoms with Gasteiger partial charge in [-0.15, -0.1) is 13.2 Å². The van der Waals surface area contributed by atoms with Gasteiger partial charge >= 0.3 is 0 Å². The summed E-state index contributed by atoms with van der Waals surface area (Å²) in [5, 5.41) is 13.8. The van der Waals surface area contributed by atoms with Crippen molar-refractivity contribution in [2.24, 2.45) is 0 Å². The highest BCUT2D eigenvalue weighted by molar-refractivity contribution is 9.12. The van der Waals surface area contributed by atoms with Crippen molar-refractivity contribution >= 4 is 49.0 Å². The zero-order chi connectivity index (χ0) is 24.0. The molecule has 1 amide bonds. The number of anilines is 1. The second-order valence-corrected chi connectivity index (χ2v) is 9.24. The van der Waals surface area contributed by atoms with E-state index in [2.05, 4.69) is 56.4 Å². The summed E-state index contributed by atoms with van der Waals surface area (Å²) in [4.78, 5) is 13.7. The lowest BCUT2D eigenvalue weighted by Gasteiger charge is -2.33. The van der Waals surface area contributed by atoms with Crippen LogP contribution in [-0.2, 0) is 11.2 Å². The largest absolute Gasteiger partial charge is 0.506 e. The number of allylic oxidation sites excluding steroid dienone is 2. The summed E-state index contributed by atoms with van der Waals surface area (Å²) in [7, 11) is 0. The molecule has 2 heterocycles. The van der Waals surface area contributed by atoms with Crippen molar-refractivity contribution in [3.8, 4) is 5.75 Å². The first-order valence-electron chi connectivity index (χ1n) is 11.0. The van der Waals surface area contributed by atoms with E-state index in [1.165, 1.54) is 16.7 Å². The minimum Gasteiger partial charge on any atom is -0.506 e. The molecule has 1 fully saturated rings. The van der Waals surface area contributed by atoms with Crippen molar-refractivity contribution in [1.82, 2.24) is 10.2 Å². The molecule has 1 saturated heterocycles. The van der Waals surface area contributed by atoms with Gasteiger partial charge in [0, 0.05) is 30.7 Å². The Labute approximate surface area is 215 Å². The van der Waals surface area contributed by atoms with Crippen LogP contribution in [-0.4, -0.2) is 35.0 Å². The van der Waals surface area contributed by atoms with Crippen LogP contribution in [0.25, 0.3) is 5.57 Å². The molecule has 1 aromatic carbocycles. The van der Waals surface area contributed by atoms with E-state index in [-0.39, 0.29) is 25.1 Å². The lowest BCUT2D eigenvalue weighted by Crippen LogP contribution is -2.36. The number of dihydropyridines is 1. The number of fused-ring (bicyclic) bond motifs is 2. The highest BCUT2D eigenvalue weighted by Gasteiger charge is 2.33. The number of aromatic hydroxyl groups is 1. The molecule has 182 valence electrons. The number of hydrogen-bond acceptors (Lipinski definition) is 4. The molecular formula is C26H37Br2N3O2. The standard InChI is InChI=1S/C21H23Br2N3O2.C2H6.C2H4.CH4/c1-11(27)26-6-4-12(5-7-26)18-17-13(9-16(28)20(24)19(17)23)2-3-14-8-15(22)10-25-21(14)18;2*1-2;/h8-10,21,25,28H,2-7,24H2,1H3;1-2H3;1-2H2;1H4. The van der Waals surface area contributed by atoms with Crippen molar-refractivity contribution in [2.75, 3.05) is 18.8 Å². The number of nitrogens with one attached hydrogen (secondary N) is 1. The first-order valence-corrected chi connectivity index (χ1v) is 12.5. The molecule has 0 spiro atoms. The summed E-state index contributed by atoms with van der Waals surface area (Å²) in [6.07, 6.45) is 7.61. The summed E-state index contributed by atoms with van der Waals surface area (Å²) in [5.74, 6) is 0.247. The van der Waals surface area contributed by atoms with Crippen LogP contribution >= 0.6 is 31.9 Å². The number of rotatable bonds is 0. The van der Waals surface area contributed by atoms with Crippen LogP contribution in [0.4, 0.5) is 5.69 Å². The van der Waals surface area contributed by atoms with Crippen molar-refractivity contribution in [3.63, 3.8) is 0 Å². The third kappa shape index (κ3) is 6.12. The first kappa shape index (κ1) is 29.0. The molecule has 1 atom stereocenters. The van der Waals surface area contributed by atoms with Crippen LogP contribution in [0.1, 0.15) is 58.6 Å². The number of amides is 1. The van der Waals surface area contributed by atoms with Gasteiger partial charge in [-0.05, 0) is 92.0 Å². The third-order valence-corrected chi connectivity index (χ3v) is 7.16. The van der Waals surface area contributed by atoms with Crippen molar-refractivity contribution in [2.45, 2.75) is 59.9 Å². The van der Waals surface area contributed by atoms with Crippen LogP contribution in [0.15, 0.2) is 51.6 Å². The highest BCUT2D eigenvalue weighted by Crippen LogP contribution is 2.46. The Morgan fingerprint density at radius 3 is 2.36 bits per heavy atom. The fourth-order valence-electron chi connectivity index (χ4n) is 4.41. The van der Waals surface area contributed by atoms with Gasteiger partial charge in [-0.3, -0.25) is 4.79 Å². The number of piperidine rings is 1. The van der Waals surface area contributed by atoms with E-state index in [4.69, 9.17) is 5.73 Å². The number of aryl methyl sites for hydroxylation is 1. The molecule has 5 nitrogen and oxygen atoms in total.